The van der Waals surface area contributed by atoms with E-state index >= 15 is 0 Å². The molecule has 3 heteroatoms. The molecule has 0 atom stereocenters. The summed E-state index contributed by atoms with van der Waals surface area (Å²) in [5.41, 5.74) is 0. The second-order valence-electron chi connectivity index (χ2n) is 6.09. The van der Waals surface area contributed by atoms with E-state index in [0.717, 1.165) is 12.8 Å². The molecule has 0 aromatic carbocycles. The standard InChI is InChI=1S/C18H36O2.H2O/c1-2-3-4-5-6-7-8-9-10-11-12-13-14-15-16-17-18(19)20;/h2-17H2,1H3,(H,19,20);1H2. The van der Waals surface area contributed by atoms with E-state index in [4.69, 9.17) is 5.11 Å². The maximum atomic E-state index is 10.3. The average molecular weight is 302 g/mol. The smallest absolute Gasteiger partial charge is 0.303 e. The van der Waals surface area contributed by atoms with E-state index in [1.807, 2.05) is 0 Å². The van der Waals surface area contributed by atoms with Gasteiger partial charge in [0.2, 0.25) is 0 Å². The van der Waals surface area contributed by atoms with E-state index in [1.54, 1.807) is 0 Å². The molecule has 0 aromatic rings. The fourth-order valence-electron chi connectivity index (χ4n) is 2.65. The predicted octanol–water partition coefficient (Wildman–Crippen LogP) is 5.51. The Bertz CT molecular complexity index is 205. The molecule has 0 aliphatic carbocycles. The number of carbonyl (C=O) groups is 1. The average Bonchev–Trinajstić information content (AvgIpc) is 2.43. The molecule has 0 aliphatic heterocycles. The van der Waals surface area contributed by atoms with Crippen LogP contribution in [0.5, 0.6) is 0 Å². The fraction of sp³-hybridized carbons (Fsp3) is 0.944. The van der Waals surface area contributed by atoms with Crippen molar-refractivity contribution in [3.63, 3.8) is 0 Å². The minimum Gasteiger partial charge on any atom is -0.481 e. The molecule has 0 unspecified atom stereocenters. The molecule has 0 radical (unpaired) electrons. The van der Waals surface area contributed by atoms with Crippen LogP contribution in [0.15, 0.2) is 0 Å². The first-order valence-electron chi connectivity index (χ1n) is 8.99. The van der Waals surface area contributed by atoms with Gasteiger partial charge in [0.05, 0.1) is 0 Å². The van der Waals surface area contributed by atoms with Crippen LogP contribution >= 0.6 is 0 Å². The van der Waals surface area contributed by atoms with E-state index < -0.39 is 5.97 Å². The lowest BCUT2D eigenvalue weighted by Gasteiger charge is -2.03. The van der Waals surface area contributed by atoms with Gasteiger partial charge in [0.15, 0.2) is 0 Å². The third-order valence-electron chi connectivity index (χ3n) is 3.99. The number of carboxylic acid groups (broad SMARTS) is 1. The maximum absolute atomic E-state index is 10.3. The summed E-state index contributed by atoms with van der Waals surface area (Å²) in [6.45, 7) is 2.27. The molecule has 0 saturated heterocycles. The molecule has 0 rings (SSSR count). The van der Waals surface area contributed by atoms with Crippen molar-refractivity contribution in [3.8, 4) is 0 Å². The van der Waals surface area contributed by atoms with Crippen molar-refractivity contribution in [1.82, 2.24) is 0 Å². The van der Waals surface area contributed by atoms with Crippen LogP contribution in [0.3, 0.4) is 0 Å². The Morgan fingerprint density at radius 1 is 0.619 bits per heavy atom. The van der Waals surface area contributed by atoms with Gasteiger partial charge in [0.25, 0.3) is 0 Å². The van der Waals surface area contributed by atoms with Crippen molar-refractivity contribution in [2.45, 2.75) is 110 Å². The second-order valence-corrected chi connectivity index (χ2v) is 6.09. The zero-order valence-electron chi connectivity index (χ0n) is 14.2. The van der Waals surface area contributed by atoms with Gasteiger partial charge >= 0.3 is 5.97 Å². The molecular formula is C18H38O3. The number of aliphatic carboxylic acids is 1. The lowest BCUT2D eigenvalue weighted by Crippen LogP contribution is -1.93. The van der Waals surface area contributed by atoms with Gasteiger partial charge in [-0.3, -0.25) is 4.79 Å². The Morgan fingerprint density at radius 3 is 1.19 bits per heavy atom. The highest BCUT2D eigenvalue weighted by atomic mass is 16.4. The van der Waals surface area contributed by atoms with E-state index in [2.05, 4.69) is 6.92 Å². The Morgan fingerprint density at radius 2 is 0.905 bits per heavy atom. The molecule has 3 N–H and O–H groups in total. The van der Waals surface area contributed by atoms with Crippen molar-refractivity contribution in [1.29, 1.82) is 0 Å². The molecule has 0 aromatic heterocycles. The van der Waals surface area contributed by atoms with Crippen molar-refractivity contribution in [3.05, 3.63) is 0 Å². The van der Waals surface area contributed by atoms with Crippen LogP contribution in [0.25, 0.3) is 0 Å². The first-order chi connectivity index (χ1) is 9.77. The quantitative estimate of drug-likeness (QED) is 0.382. The maximum Gasteiger partial charge on any atom is 0.303 e. The van der Waals surface area contributed by atoms with Crippen LogP contribution < -0.4 is 0 Å². The third kappa shape index (κ3) is 21.9. The highest BCUT2D eigenvalue weighted by molar-refractivity contribution is 5.66. The summed E-state index contributed by atoms with van der Waals surface area (Å²) in [4.78, 5) is 10.3. The van der Waals surface area contributed by atoms with Gasteiger partial charge in [0.1, 0.15) is 0 Å². The molecule has 0 bridgehead atoms. The van der Waals surface area contributed by atoms with Crippen molar-refractivity contribution in [2.24, 2.45) is 0 Å². The van der Waals surface area contributed by atoms with Crippen molar-refractivity contribution >= 4 is 5.97 Å². The van der Waals surface area contributed by atoms with Gasteiger partial charge in [-0.2, -0.15) is 0 Å². The van der Waals surface area contributed by atoms with Crippen LogP contribution in [-0.2, 0) is 4.79 Å². The molecule has 128 valence electrons. The van der Waals surface area contributed by atoms with Crippen LogP contribution in [0.1, 0.15) is 110 Å². The first kappa shape index (κ1) is 22.7. The lowest BCUT2D eigenvalue weighted by molar-refractivity contribution is -0.137. The summed E-state index contributed by atoms with van der Waals surface area (Å²) < 4.78 is 0. The number of unbranched alkanes of at least 4 members (excludes halogenated alkanes) is 14. The molecule has 0 spiro atoms. The molecule has 0 heterocycles. The topological polar surface area (TPSA) is 68.8 Å². The summed E-state index contributed by atoms with van der Waals surface area (Å²) in [5.74, 6) is -0.653. The Kier molecular flexibility index (Phi) is 21.0. The summed E-state index contributed by atoms with van der Waals surface area (Å²) >= 11 is 0. The number of hydrogen-bond acceptors (Lipinski definition) is 1. The highest BCUT2D eigenvalue weighted by Crippen LogP contribution is 2.13. The van der Waals surface area contributed by atoms with Gasteiger partial charge < -0.3 is 10.6 Å². The Balaban J connectivity index is 0. The monoisotopic (exact) mass is 302 g/mol. The normalized spacial score (nSPS) is 10.3. The van der Waals surface area contributed by atoms with Crippen LogP contribution in [0, 0.1) is 0 Å². The summed E-state index contributed by atoms with van der Waals surface area (Å²) in [6, 6.07) is 0. The van der Waals surface area contributed by atoms with E-state index in [-0.39, 0.29) is 5.48 Å². The van der Waals surface area contributed by atoms with Gasteiger partial charge in [-0.05, 0) is 6.42 Å². The van der Waals surface area contributed by atoms with E-state index in [1.165, 1.54) is 83.5 Å². The SMILES string of the molecule is CCCCCCCCCCCCCCCCCC(=O)O.O. The minimum absolute atomic E-state index is 0. The number of hydrogen-bond donors (Lipinski definition) is 1. The van der Waals surface area contributed by atoms with Gasteiger partial charge in [-0.1, -0.05) is 96.8 Å². The fourth-order valence-corrected chi connectivity index (χ4v) is 2.65. The predicted molar refractivity (Wildman–Crippen MR) is 90.8 cm³/mol. The van der Waals surface area contributed by atoms with Crippen LogP contribution in [-0.4, -0.2) is 16.6 Å². The molecule has 3 nitrogen and oxygen atoms in total. The summed E-state index contributed by atoms with van der Waals surface area (Å²) in [7, 11) is 0. The summed E-state index contributed by atoms with van der Waals surface area (Å²) in [6.07, 6.45) is 20.2. The highest BCUT2D eigenvalue weighted by Gasteiger charge is 1.97. The molecular weight excluding hydrogens is 264 g/mol. The minimum atomic E-state index is -0.653. The van der Waals surface area contributed by atoms with Crippen molar-refractivity contribution in [2.75, 3.05) is 0 Å². The number of rotatable bonds is 16. The molecule has 0 fully saturated rings. The van der Waals surface area contributed by atoms with Crippen LogP contribution in [0.4, 0.5) is 0 Å². The van der Waals surface area contributed by atoms with Gasteiger partial charge in [-0.25, -0.2) is 0 Å². The van der Waals surface area contributed by atoms with E-state index in [0.29, 0.717) is 6.42 Å². The zero-order valence-corrected chi connectivity index (χ0v) is 14.2. The van der Waals surface area contributed by atoms with E-state index in [9.17, 15) is 4.79 Å². The second kappa shape index (κ2) is 19.4. The largest absolute Gasteiger partial charge is 0.481 e. The van der Waals surface area contributed by atoms with Crippen LogP contribution in [0.2, 0.25) is 0 Å². The van der Waals surface area contributed by atoms with Crippen molar-refractivity contribution < 1.29 is 15.4 Å². The molecule has 0 saturated carbocycles. The lowest BCUT2D eigenvalue weighted by atomic mass is 10.0. The van der Waals surface area contributed by atoms with Gasteiger partial charge in [-0.15, -0.1) is 0 Å². The van der Waals surface area contributed by atoms with Gasteiger partial charge in [0, 0.05) is 6.42 Å². The molecule has 0 amide bonds. The first-order valence-corrected chi connectivity index (χ1v) is 8.99. The summed E-state index contributed by atoms with van der Waals surface area (Å²) in [5, 5.41) is 8.52. The number of carboxylic acids is 1. The molecule has 0 aliphatic rings. The zero-order chi connectivity index (χ0) is 14.9. The molecule has 21 heavy (non-hydrogen) atoms. The Hall–Kier alpha value is -0.570. The third-order valence-corrected chi connectivity index (χ3v) is 3.99. The Labute approximate surface area is 131 Å².